The normalized spacial score (nSPS) is 16.6. The fourth-order valence-electron chi connectivity index (χ4n) is 2.78. The molecule has 0 aliphatic carbocycles. The highest BCUT2D eigenvalue weighted by Gasteiger charge is 2.20. The first-order valence-corrected chi connectivity index (χ1v) is 8.72. The van der Waals surface area contributed by atoms with E-state index in [-0.39, 0.29) is 0 Å². The maximum atomic E-state index is 5.80. The highest BCUT2D eigenvalue weighted by atomic mass is 16.5. The number of hydrogen-bond acceptors (Lipinski definition) is 6. The molecule has 1 aromatic heterocycles. The van der Waals surface area contributed by atoms with Crippen molar-refractivity contribution in [3.63, 3.8) is 0 Å². The Morgan fingerprint density at radius 3 is 2.60 bits per heavy atom. The summed E-state index contributed by atoms with van der Waals surface area (Å²) < 4.78 is 16.7. The van der Waals surface area contributed by atoms with Crippen molar-refractivity contribution < 1.29 is 14.2 Å². The van der Waals surface area contributed by atoms with Crippen molar-refractivity contribution in [2.24, 2.45) is 0 Å². The minimum absolute atomic E-state index is 0.384. The van der Waals surface area contributed by atoms with Crippen LogP contribution in [0.2, 0.25) is 0 Å². The predicted molar refractivity (Wildman–Crippen MR) is 96.6 cm³/mol. The summed E-state index contributed by atoms with van der Waals surface area (Å²) in [6.07, 6.45) is 2.66. The molecule has 1 aliphatic heterocycles. The number of benzene rings is 1. The van der Waals surface area contributed by atoms with Gasteiger partial charge in [0.15, 0.2) is 0 Å². The number of hydrogen-bond donors (Lipinski definition) is 0. The molecule has 1 atom stereocenters. The highest BCUT2D eigenvalue weighted by Crippen LogP contribution is 2.25. The second kappa shape index (κ2) is 8.67. The summed E-state index contributed by atoms with van der Waals surface area (Å²) >= 11 is 0. The molecular formula is C19H25N3O3. The van der Waals surface area contributed by atoms with Crippen LogP contribution in [0.25, 0.3) is 0 Å². The van der Waals surface area contributed by atoms with Gasteiger partial charge in [0.05, 0.1) is 25.5 Å². The van der Waals surface area contributed by atoms with Crippen LogP contribution in [-0.4, -0.2) is 50.0 Å². The van der Waals surface area contributed by atoms with Gasteiger partial charge in [-0.15, -0.1) is 0 Å². The van der Waals surface area contributed by atoms with Gasteiger partial charge in [0, 0.05) is 25.6 Å². The predicted octanol–water partition coefficient (Wildman–Crippen LogP) is 2.89. The standard InChI is InChI=1S/C19H25N3O3/c1-3-24-16-4-6-17(7-5-16)25-11-9-22(2)19-12-18(20-14-21-19)15-8-10-23-13-15/h4-7,12,14-15H,3,8-11,13H2,1-2H3/t15-/m1/s1. The molecule has 25 heavy (non-hydrogen) atoms. The van der Waals surface area contributed by atoms with E-state index in [2.05, 4.69) is 20.9 Å². The van der Waals surface area contributed by atoms with Gasteiger partial charge in [-0.1, -0.05) is 0 Å². The Labute approximate surface area is 148 Å². The summed E-state index contributed by atoms with van der Waals surface area (Å²) in [6, 6.07) is 9.74. The van der Waals surface area contributed by atoms with E-state index in [1.165, 1.54) is 0 Å². The molecule has 134 valence electrons. The topological polar surface area (TPSA) is 56.7 Å². The Hall–Kier alpha value is -2.34. The fraction of sp³-hybridized carbons (Fsp3) is 0.474. The summed E-state index contributed by atoms with van der Waals surface area (Å²) in [5, 5.41) is 0. The molecule has 1 aromatic carbocycles. The van der Waals surface area contributed by atoms with Crippen LogP contribution in [0.1, 0.15) is 25.0 Å². The van der Waals surface area contributed by atoms with E-state index < -0.39 is 0 Å². The van der Waals surface area contributed by atoms with E-state index in [0.29, 0.717) is 19.1 Å². The van der Waals surface area contributed by atoms with Gasteiger partial charge in [0.1, 0.15) is 30.3 Å². The zero-order valence-corrected chi connectivity index (χ0v) is 14.9. The smallest absolute Gasteiger partial charge is 0.132 e. The van der Waals surface area contributed by atoms with Crippen molar-refractivity contribution in [3.8, 4) is 11.5 Å². The van der Waals surface area contributed by atoms with E-state index in [9.17, 15) is 0 Å². The summed E-state index contributed by atoms with van der Waals surface area (Å²) in [5.41, 5.74) is 1.06. The van der Waals surface area contributed by atoms with Crippen LogP contribution >= 0.6 is 0 Å². The molecule has 1 fully saturated rings. The minimum atomic E-state index is 0.384. The van der Waals surface area contributed by atoms with Gasteiger partial charge < -0.3 is 19.1 Å². The molecule has 6 nitrogen and oxygen atoms in total. The molecule has 0 radical (unpaired) electrons. The zero-order chi connectivity index (χ0) is 17.5. The average molecular weight is 343 g/mol. The number of likely N-dealkylation sites (N-methyl/N-ethyl adjacent to an activating group) is 1. The monoisotopic (exact) mass is 343 g/mol. The molecule has 0 bridgehead atoms. The van der Waals surface area contributed by atoms with E-state index in [4.69, 9.17) is 14.2 Å². The molecule has 0 unspecified atom stereocenters. The maximum absolute atomic E-state index is 5.80. The van der Waals surface area contributed by atoms with Gasteiger partial charge in [-0.25, -0.2) is 9.97 Å². The van der Waals surface area contributed by atoms with Gasteiger partial charge in [-0.2, -0.15) is 0 Å². The third-order valence-corrected chi connectivity index (χ3v) is 4.24. The van der Waals surface area contributed by atoms with Crippen LogP contribution < -0.4 is 14.4 Å². The Kier molecular flexibility index (Phi) is 6.06. The Morgan fingerprint density at radius 2 is 1.92 bits per heavy atom. The third-order valence-electron chi connectivity index (χ3n) is 4.24. The van der Waals surface area contributed by atoms with Crippen molar-refractivity contribution >= 4 is 5.82 Å². The quantitative estimate of drug-likeness (QED) is 0.735. The van der Waals surface area contributed by atoms with Crippen LogP contribution in [0.15, 0.2) is 36.7 Å². The van der Waals surface area contributed by atoms with E-state index in [0.717, 1.165) is 49.2 Å². The first kappa shape index (κ1) is 17.5. The first-order chi connectivity index (χ1) is 12.3. The molecule has 0 N–H and O–H groups in total. The van der Waals surface area contributed by atoms with Crippen molar-refractivity contribution in [2.45, 2.75) is 19.3 Å². The molecule has 2 heterocycles. The lowest BCUT2D eigenvalue weighted by atomic mass is 10.0. The largest absolute Gasteiger partial charge is 0.494 e. The lowest BCUT2D eigenvalue weighted by Crippen LogP contribution is -2.25. The summed E-state index contributed by atoms with van der Waals surface area (Å²) in [7, 11) is 2.01. The summed E-state index contributed by atoms with van der Waals surface area (Å²) in [6.45, 7) is 5.52. The molecule has 1 aliphatic rings. The third kappa shape index (κ3) is 4.82. The van der Waals surface area contributed by atoms with Crippen molar-refractivity contribution in [3.05, 3.63) is 42.4 Å². The molecule has 6 heteroatoms. The van der Waals surface area contributed by atoms with Gasteiger partial charge in [0.2, 0.25) is 0 Å². The molecule has 0 spiro atoms. The zero-order valence-electron chi connectivity index (χ0n) is 14.9. The first-order valence-electron chi connectivity index (χ1n) is 8.72. The molecule has 2 aromatic rings. The lowest BCUT2D eigenvalue weighted by Gasteiger charge is -2.19. The highest BCUT2D eigenvalue weighted by molar-refractivity contribution is 5.39. The number of rotatable bonds is 8. The van der Waals surface area contributed by atoms with Crippen LogP contribution in [0.3, 0.4) is 0 Å². The van der Waals surface area contributed by atoms with Gasteiger partial charge in [0.25, 0.3) is 0 Å². The average Bonchev–Trinajstić information content (AvgIpc) is 3.18. The van der Waals surface area contributed by atoms with Crippen molar-refractivity contribution in [1.82, 2.24) is 9.97 Å². The fourth-order valence-corrected chi connectivity index (χ4v) is 2.78. The van der Waals surface area contributed by atoms with E-state index in [1.54, 1.807) is 6.33 Å². The van der Waals surface area contributed by atoms with E-state index >= 15 is 0 Å². The lowest BCUT2D eigenvalue weighted by molar-refractivity contribution is 0.193. The number of aromatic nitrogens is 2. The Bertz CT molecular complexity index is 657. The van der Waals surface area contributed by atoms with Crippen LogP contribution in [0.5, 0.6) is 11.5 Å². The molecule has 1 saturated heterocycles. The van der Waals surface area contributed by atoms with Crippen LogP contribution in [0.4, 0.5) is 5.82 Å². The van der Waals surface area contributed by atoms with Crippen LogP contribution in [0, 0.1) is 0 Å². The number of ether oxygens (including phenoxy) is 3. The molecule has 0 amide bonds. The van der Waals surface area contributed by atoms with Gasteiger partial charge >= 0.3 is 0 Å². The van der Waals surface area contributed by atoms with E-state index in [1.807, 2.05) is 38.2 Å². The van der Waals surface area contributed by atoms with Gasteiger partial charge in [-0.3, -0.25) is 0 Å². The molecular weight excluding hydrogens is 318 g/mol. The molecule has 3 rings (SSSR count). The molecule has 0 saturated carbocycles. The number of anilines is 1. The number of nitrogens with zero attached hydrogens (tertiary/aromatic N) is 3. The Balaban J connectivity index is 1.50. The second-order valence-electron chi connectivity index (χ2n) is 6.04. The SMILES string of the molecule is CCOc1ccc(OCCN(C)c2cc([C@@H]3CCOC3)ncn2)cc1. The van der Waals surface area contributed by atoms with Crippen LogP contribution in [-0.2, 0) is 4.74 Å². The van der Waals surface area contributed by atoms with Gasteiger partial charge in [-0.05, 0) is 37.6 Å². The Morgan fingerprint density at radius 1 is 1.16 bits per heavy atom. The second-order valence-corrected chi connectivity index (χ2v) is 6.04. The maximum Gasteiger partial charge on any atom is 0.132 e. The van der Waals surface area contributed by atoms with Crippen molar-refractivity contribution in [2.75, 3.05) is 44.9 Å². The summed E-state index contributed by atoms with van der Waals surface area (Å²) in [4.78, 5) is 10.8. The minimum Gasteiger partial charge on any atom is -0.494 e. The van der Waals surface area contributed by atoms with Crippen molar-refractivity contribution in [1.29, 1.82) is 0 Å². The summed E-state index contributed by atoms with van der Waals surface area (Å²) in [5.74, 6) is 2.99.